The predicted molar refractivity (Wildman–Crippen MR) is 45.8 cm³/mol. The summed E-state index contributed by atoms with van der Waals surface area (Å²) in [7, 11) is 0. The fourth-order valence-corrected chi connectivity index (χ4v) is 2.13. The maximum absolute atomic E-state index is 5.83. The van der Waals surface area contributed by atoms with E-state index in [1.165, 1.54) is 0 Å². The first-order chi connectivity index (χ1) is 5.70. The third-order valence-electron chi connectivity index (χ3n) is 2.99. The summed E-state index contributed by atoms with van der Waals surface area (Å²) in [4.78, 5) is 0. The fraction of sp³-hybridized carbons (Fsp3) is 1.00. The molecule has 2 fully saturated rings. The van der Waals surface area contributed by atoms with Crippen molar-refractivity contribution in [3.05, 3.63) is 0 Å². The van der Waals surface area contributed by atoms with Gasteiger partial charge in [-0.25, -0.2) is 0 Å². The van der Waals surface area contributed by atoms with Gasteiger partial charge in [-0.2, -0.15) is 0 Å². The molecule has 0 bridgehead atoms. The van der Waals surface area contributed by atoms with E-state index in [0.29, 0.717) is 18.4 Å². The van der Waals surface area contributed by atoms with E-state index in [1.807, 2.05) is 0 Å². The third-order valence-corrected chi connectivity index (χ3v) is 2.99. The van der Waals surface area contributed by atoms with Crippen LogP contribution in [0.1, 0.15) is 13.8 Å². The van der Waals surface area contributed by atoms with Crippen LogP contribution in [0, 0.1) is 11.8 Å². The van der Waals surface area contributed by atoms with Crippen LogP contribution in [0.4, 0.5) is 0 Å². The molecule has 3 nitrogen and oxygen atoms in total. The van der Waals surface area contributed by atoms with Crippen molar-refractivity contribution in [2.24, 2.45) is 17.6 Å². The normalized spacial score (nSPS) is 47.0. The van der Waals surface area contributed by atoms with Crippen molar-refractivity contribution < 1.29 is 9.47 Å². The summed E-state index contributed by atoms with van der Waals surface area (Å²) >= 11 is 0. The van der Waals surface area contributed by atoms with Crippen LogP contribution in [0.15, 0.2) is 0 Å². The van der Waals surface area contributed by atoms with Crippen LogP contribution >= 0.6 is 0 Å². The molecule has 0 spiro atoms. The van der Waals surface area contributed by atoms with Gasteiger partial charge in [-0.15, -0.1) is 0 Å². The molecule has 4 atom stereocenters. The Hall–Kier alpha value is -0.120. The highest BCUT2D eigenvalue weighted by molar-refractivity contribution is 4.96. The second-order valence-electron chi connectivity index (χ2n) is 4.17. The van der Waals surface area contributed by atoms with E-state index in [1.54, 1.807) is 0 Å². The molecule has 70 valence electrons. The number of ether oxygens (including phenoxy) is 2. The molecule has 4 unspecified atom stereocenters. The molecule has 2 N–H and O–H groups in total. The lowest BCUT2D eigenvalue weighted by Gasteiger charge is -2.18. The topological polar surface area (TPSA) is 44.5 Å². The van der Waals surface area contributed by atoms with Gasteiger partial charge in [0.15, 0.2) is 0 Å². The molecule has 2 heterocycles. The van der Waals surface area contributed by atoms with Crippen molar-refractivity contribution in [2.45, 2.75) is 32.1 Å². The zero-order chi connectivity index (χ0) is 8.72. The van der Waals surface area contributed by atoms with Gasteiger partial charge >= 0.3 is 0 Å². The summed E-state index contributed by atoms with van der Waals surface area (Å²) in [5, 5.41) is 0. The van der Waals surface area contributed by atoms with E-state index in [-0.39, 0.29) is 18.2 Å². The number of fused-ring (bicyclic) bond motifs is 1. The molecule has 0 saturated carbocycles. The van der Waals surface area contributed by atoms with Crippen LogP contribution in [-0.2, 0) is 9.47 Å². The quantitative estimate of drug-likeness (QED) is 0.620. The molecule has 2 saturated heterocycles. The largest absolute Gasteiger partial charge is 0.373 e. The molecule has 0 amide bonds. The Balaban J connectivity index is 2.05. The van der Waals surface area contributed by atoms with E-state index >= 15 is 0 Å². The van der Waals surface area contributed by atoms with Crippen molar-refractivity contribution in [1.82, 2.24) is 0 Å². The minimum atomic E-state index is 0.0961. The molecular formula is C9H17NO2. The summed E-state index contributed by atoms with van der Waals surface area (Å²) in [6.07, 6.45) is 0.428. The van der Waals surface area contributed by atoms with Crippen LogP contribution in [0.2, 0.25) is 0 Å². The summed E-state index contributed by atoms with van der Waals surface area (Å²) in [6, 6.07) is 0.0961. The maximum atomic E-state index is 5.83. The van der Waals surface area contributed by atoms with E-state index in [2.05, 4.69) is 13.8 Å². The molecule has 2 aliphatic heterocycles. The minimum absolute atomic E-state index is 0.0961. The van der Waals surface area contributed by atoms with Gasteiger partial charge in [0.1, 0.15) is 6.10 Å². The SMILES string of the molecule is CC(C)C1COC2C(N)COC12. The van der Waals surface area contributed by atoms with Crippen molar-refractivity contribution >= 4 is 0 Å². The average Bonchev–Trinajstić information content (AvgIpc) is 2.53. The maximum Gasteiger partial charge on any atom is 0.101 e. The number of hydrogen-bond acceptors (Lipinski definition) is 3. The van der Waals surface area contributed by atoms with Gasteiger partial charge in [-0.05, 0) is 5.92 Å². The second kappa shape index (κ2) is 2.98. The average molecular weight is 171 g/mol. The molecule has 3 heteroatoms. The smallest absolute Gasteiger partial charge is 0.101 e. The van der Waals surface area contributed by atoms with Crippen molar-refractivity contribution in [2.75, 3.05) is 13.2 Å². The lowest BCUT2D eigenvalue weighted by Crippen LogP contribution is -2.36. The minimum Gasteiger partial charge on any atom is -0.373 e. The molecule has 0 aromatic rings. The number of nitrogens with two attached hydrogens (primary N) is 1. The Morgan fingerprint density at radius 1 is 1.17 bits per heavy atom. The fourth-order valence-electron chi connectivity index (χ4n) is 2.13. The molecule has 0 radical (unpaired) electrons. The Bertz CT molecular complexity index is 172. The van der Waals surface area contributed by atoms with Crippen molar-refractivity contribution in [3.63, 3.8) is 0 Å². The van der Waals surface area contributed by atoms with E-state index < -0.39 is 0 Å². The first-order valence-corrected chi connectivity index (χ1v) is 4.69. The summed E-state index contributed by atoms with van der Waals surface area (Å²) in [5.74, 6) is 1.17. The molecule has 12 heavy (non-hydrogen) atoms. The molecule has 2 aliphatic rings. The highest BCUT2D eigenvalue weighted by Gasteiger charge is 2.46. The zero-order valence-electron chi connectivity index (χ0n) is 7.69. The Labute approximate surface area is 73.2 Å². The summed E-state index contributed by atoms with van der Waals surface area (Å²) < 4.78 is 11.2. The Morgan fingerprint density at radius 3 is 2.50 bits per heavy atom. The monoisotopic (exact) mass is 171 g/mol. The predicted octanol–water partition coefficient (Wildman–Crippen LogP) is 0.384. The lowest BCUT2D eigenvalue weighted by molar-refractivity contribution is 0.0551. The van der Waals surface area contributed by atoms with Gasteiger partial charge in [0, 0.05) is 5.92 Å². The second-order valence-corrected chi connectivity index (χ2v) is 4.17. The Kier molecular flexibility index (Phi) is 2.10. The molecule has 0 aromatic carbocycles. The van der Waals surface area contributed by atoms with Gasteiger partial charge in [-0.1, -0.05) is 13.8 Å². The van der Waals surface area contributed by atoms with Crippen molar-refractivity contribution in [1.29, 1.82) is 0 Å². The first-order valence-electron chi connectivity index (χ1n) is 4.69. The standard InChI is InChI=1S/C9H17NO2/c1-5(2)6-3-11-9-7(10)4-12-8(6)9/h5-9H,3-4,10H2,1-2H3. The third kappa shape index (κ3) is 1.16. The molecule has 0 aliphatic carbocycles. The Morgan fingerprint density at radius 2 is 1.83 bits per heavy atom. The first kappa shape index (κ1) is 8.48. The summed E-state index contributed by atoms with van der Waals surface area (Å²) in [6.45, 7) is 5.91. The van der Waals surface area contributed by atoms with Crippen molar-refractivity contribution in [3.8, 4) is 0 Å². The van der Waals surface area contributed by atoms with E-state index in [4.69, 9.17) is 15.2 Å². The van der Waals surface area contributed by atoms with Crippen LogP contribution < -0.4 is 5.73 Å². The van der Waals surface area contributed by atoms with Crippen LogP contribution in [0.5, 0.6) is 0 Å². The molecule has 2 rings (SSSR count). The van der Waals surface area contributed by atoms with Crippen LogP contribution in [0.25, 0.3) is 0 Å². The van der Waals surface area contributed by atoms with Crippen LogP contribution in [-0.4, -0.2) is 31.5 Å². The van der Waals surface area contributed by atoms with Gasteiger partial charge in [-0.3, -0.25) is 0 Å². The lowest BCUT2D eigenvalue weighted by atomic mass is 9.90. The van der Waals surface area contributed by atoms with Crippen LogP contribution in [0.3, 0.4) is 0 Å². The number of hydrogen-bond donors (Lipinski definition) is 1. The highest BCUT2D eigenvalue weighted by atomic mass is 16.6. The van der Waals surface area contributed by atoms with E-state index in [9.17, 15) is 0 Å². The van der Waals surface area contributed by atoms with Gasteiger partial charge < -0.3 is 15.2 Å². The highest BCUT2D eigenvalue weighted by Crippen LogP contribution is 2.34. The molecular weight excluding hydrogens is 154 g/mol. The molecule has 0 aromatic heterocycles. The van der Waals surface area contributed by atoms with E-state index in [0.717, 1.165) is 6.61 Å². The van der Waals surface area contributed by atoms with Gasteiger partial charge in [0.2, 0.25) is 0 Å². The zero-order valence-corrected chi connectivity index (χ0v) is 7.69. The number of rotatable bonds is 1. The van der Waals surface area contributed by atoms with Gasteiger partial charge in [0.25, 0.3) is 0 Å². The van der Waals surface area contributed by atoms with Gasteiger partial charge in [0.05, 0.1) is 25.4 Å². The summed E-state index contributed by atoms with van der Waals surface area (Å²) in [5.41, 5.74) is 5.83.